The van der Waals surface area contributed by atoms with Gasteiger partial charge < -0.3 is 15.7 Å². The van der Waals surface area contributed by atoms with Crippen LogP contribution < -0.4 is 10.6 Å². The predicted molar refractivity (Wildman–Crippen MR) is 74.7 cm³/mol. The van der Waals surface area contributed by atoms with Gasteiger partial charge in [-0.25, -0.2) is 4.79 Å². The molecule has 1 aromatic heterocycles. The number of carboxylic acids is 1. The average molecular weight is 285 g/mol. The third kappa shape index (κ3) is 3.51. The van der Waals surface area contributed by atoms with Crippen LogP contribution in [-0.2, 0) is 4.79 Å². The number of anilines is 1. The van der Waals surface area contributed by atoms with Crippen molar-refractivity contribution in [3.63, 3.8) is 0 Å². The average Bonchev–Trinajstić information content (AvgIpc) is 2.68. The highest BCUT2D eigenvalue weighted by atomic mass is 32.1. The number of rotatable bonds is 5. The number of likely N-dealkylation sites (N-methyl/N-ethyl adjacent to an activating group) is 1. The Hall–Kier alpha value is -1.47. The topological polar surface area (TPSA) is 96.5 Å². The van der Waals surface area contributed by atoms with E-state index in [1.165, 1.54) is 11.9 Å². The van der Waals surface area contributed by atoms with Crippen molar-refractivity contribution in [2.75, 3.05) is 11.9 Å². The Morgan fingerprint density at radius 1 is 1.47 bits per heavy atom. The predicted octanol–water partition coefficient (Wildman–Crippen LogP) is 1.49. The molecule has 6 nitrogen and oxygen atoms in total. The fourth-order valence-electron chi connectivity index (χ4n) is 1.79. The van der Waals surface area contributed by atoms with Crippen LogP contribution >= 0.6 is 11.5 Å². The third-order valence-corrected chi connectivity index (χ3v) is 3.75. The number of carbonyl (C=O) groups is 2. The molecule has 0 aromatic carbocycles. The van der Waals surface area contributed by atoms with Gasteiger partial charge in [-0.2, -0.15) is 4.37 Å². The monoisotopic (exact) mass is 285 g/mol. The quantitative estimate of drug-likeness (QED) is 0.854. The molecule has 1 aromatic rings. The summed E-state index contributed by atoms with van der Waals surface area (Å²) < 4.78 is 3.99. The van der Waals surface area contributed by atoms with Gasteiger partial charge in [0.2, 0.25) is 5.91 Å². The lowest BCUT2D eigenvalue weighted by atomic mass is 10.0. The summed E-state index contributed by atoms with van der Waals surface area (Å²) in [5.74, 6) is -1.08. The van der Waals surface area contributed by atoms with E-state index in [9.17, 15) is 9.59 Å². The first-order valence-corrected chi connectivity index (χ1v) is 6.75. The molecule has 7 heteroatoms. The smallest absolute Gasteiger partial charge is 0.340 e. The van der Waals surface area contributed by atoms with Gasteiger partial charge in [-0.15, -0.1) is 0 Å². The van der Waals surface area contributed by atoms with E-state index in [0.717, 1.165) is 11.5 Å². The zero-order chi connectivity index (χ0) is 14.7. The van der Waals surface area contributed by atoms with E-state index in [4.69, 9.17) is 10.8 Å². The van der Waals surface area contributed by atoms with E-state index in [-0.39, 0.29) is 11.5 Å². The summed E-state index contributed by atoms with van der Waals surface area (Å²) in [6.07, 6.45) is 0.559. The molecule has 3 N–H and O–H groups in total. The maximum atomic E-state index is 12.1. The van der Waals surface area contributed by atoms with Crippen molar-refractivity contribution in [3.05, 3.63) is 11.3 Å². The van der Waals surface area contributed by atoms with Crippen LogP contribution in [0.25, 0.3) is 0 Å². The number of hydrogen-bond acceptors (Lipinski definition) is 5. The molecule has 106 valence electrons. The molecule has 0 spiro atoms. The Morgan fingerprint density at radius 3 is 2.53 bits per heavy atom. The minimum absolute atomic E-state index is 0.0672. The van der Waals surface area contributed by atoms with E-state index in [0.29, 0.717) is 23.0 Å². The molecule has 0 saturated carbocycles. The Bertz CT molecular complexity index is 485. The molecule has 1 heterocycles. The standard InChI is InChI=1S/C12H19N3O3S/c1-6(2)5-8(13)10(16)15(4)11-9(12(17)18)7(3)14-19-11/h6,8H,5,13H2,1-4H3,(H,17,18)/t8-/m1/s1. The molecule has 1 rings (SSSR count). The number of aromatic nitrogens is 1. The number of carboxylic acid groups (broad SMARTS) is 1. The fourth-order valence-corrected chi connectivity index (χ4v) is 2.64. The molecule has 0 saturated heterocycles. The molecule has 0 aliphatic carbocycles. The Morgan fingerprint density at radius 2 is 2.05 bits per heavy atom. The maximum absolute atomic E-state index is 12.1. The molecule has 19 heavy (non-hydrogen) atoms. The van der Waals surface area contributed by atoms with E-state index in [1.807, 2.05) is 13.8 Å². The van der Waals surface area contributed by atoms with Crippen molar-refractivity contribution >= 4 is 28.4 Å². The minimum atomic E-state index is -1.08. The molecule has 1 atom stereocenters. The van der Waals surface area contributed by atoms with Gasteiger partial charge in [0.15, 0.2) is 0 Å². The van der Waals surface area contributed by atoms with Crippen molar-refractivity contribution in [2.24, 2.45) is 11.7 Å². The zero-order valence-corrected chi connectivity index (χ0v) is 12.3. The van der Waals surface area contributed by atoms with Crippen molar-refractivity contribution in [1.29, 1.82) is 0 Å². The van der Waals surface area contributed by atoms with Crippen LogP contribution in [0.1, 0.15) is 36.3 Å². The molecule has 0 radical (unpaired) electrons. The molecule has 0 aliphatic heterocycles. The molecule has 0 fully saturated rings. The number of nitrogens with zero attached hydrogens (tertiary/aromatic N) is 2. The molecule has 0 unspecified atom stereocenters. The number of hydrogen-bond donors (Lipinski definition) is 2. The van der Waals surface area contributed by atoms with Crippen LogP contribution in [0.2, 0.25) is 0 Å². The summed E-state index contributed by atoms with van der Waals surface area (Å²) in [6.45, 7) is 5.56. The lowest BCUT2D eigenvalue weighted by molar-refractivity contribution is -0.119. The highest BCUT2D eigenvalue weighted by Gasteiger charge is 2.27. The highest BCUT2D eigenvalue weighted by Crippen LogP contribution is 2.28. The number of amides is 1. The second kappa shape index (κ2) is 6.12. The molecular formula is C12H19N3O3S. The van der Waals surface area contributed by atoms with Crippen molar-refractivity contribution < 1.29 is 14.7 Å². The normalized spacial score (nSPS) is 12.5. The number of nitrogens with two attached hydrogens (primary N) is 1. The molecule has 0 aliphatic rings. The second-order valence-electron chi connectivity index (χ2n) is 4.89. The Kier molecular flexibility index (Phi) is 5.02. The van der Waals surface area contributed by atoms with Crippen molar-refractivity contribution in [2.45, 2.75) is 33.2 Å². The molecular weight excluding hydrogens is 266 g/mol. The second-order valence-corrected chi connectivity index (χ2v) is 5.64. The van der Waals surface area contributed by atoms with E-state index >= 15 is 0 Å². The maximum Gasteiger partial charge on any atom is 0.340 e. The third-order valence-electron chi connectivity index (χ3n) is 2.74. The van der Waals surface area contributed by atoms with E-state index in [1.54, 1.807) is 6.92 Å². The van der Waals surface area contributed by atoms with Gasteiger partial charge in [0.1, 0.15) is 10.6 Å². The van der Waals surface area contributed by atoms with Gasteiger partial charge in [0, 0.05) is 7.05 Å². The van der Waals surface area contributed by atoms with Gasteiger partial charge in [-0.1, -0.05) is 13.8 Å². The summed E-state index contributed by atoms with van der Waals surface area (Å²) in [7, 11) is 1.53. The van der Waals surface area contributed by atoms with Crippen LogP contribution in [0.3, 0.4) is 0 Å². The van der Waals surface area contributed by atoms with Gasteiger partial charge in [0.25, 0.3) is 0 Å². The number of carbonyl (C=O) groups excluding carboxylic acids is 1. The summed E-state index contributed by atoms with van der Waals surface area (Å²) >= 11 is 0.996. The van der Waals surface area contributed by atoms with Crippen LogP contribution in [0, 0.1) is 12.8 Å². The largest absolute Gasteiger partial charge is 0.478 e. The molecule has 0 bridgehead atoms. The van der Waals surface area contributed by atoms with E-state index in [2.05, 4.69) is 4.37 Å². The van der Waals surface area contributed by atoms with Crippen LogP contribution in [0.5, 0.6) is 0 Å². The fraction of sp³-hybridized carbons (Fsp3) is 0.583. The van der Waals surface area contributed by atoms with Gasteiger partial charge >= 0.3 is 5.97 Å². The first kappa shape index (κ1) is 15.6. The SMILES string of the molecule is Cc1nsc(N(C)C(=O)[C@H](N)CC(C)C)c1C(=O)O. The zero-order valence-electron chi connectivity index (χ0n) is 11.5. The minimum Gasteiger partial charge on any atom is -0.478 e. The summed E-state index contributed by atoms with van der Waals surface area (Å²) in [6, 6.07) is -0.631. The van der Waals surface area contributed by atoms with Gasteiger partial charge in [-0.05, 0) is 30.8 Å². The van der Waals surface area contributed by atoms with Crippen LogP contribution in [0.4, 0.5) is 5.00 Å². The number of aryl methyl sites for hydroxylation is 1. The summed E-state index contributed by atoms with van der Waals surface area (Å²) in [5, 5.41) is 9.48. The van der Waals surface area contributed by atoms with Gasteiger partial charge in [0.05, 0.1) is 11.7 Å². The number of aromatic carboxylic acids is 1. The first-order chi connectivity index (χ1) is 8.75. The Labute approximate surface area is 116 Å². The lowest BCUT2D eigenvalue weighted by Crippen LogP contribution is -2.42. The van der Waals surface area contributed by atoms with Gasteiger partial charge in [-0.3, -0.25) is 4.79 Å². The van der Waals surface area contributed by atoms with Crippen LogP contribution in [-0.4, -0.2) is 34.4 Å². The van der Waals surface area contributed by atoms with Crippen LogP contribution in [0.15, 0.2) is 0 Å². The van der Waals surface area contributed by atoms with Crippen molar-refractivity contribution in [1.82, 2.24) is 4.37 Å². The Balaban J connectivity index is 2.97. The summed E-state index contributed by atoms with van der Waals surface area (Å²) in [4.78, 5) is 24.6. The first-order valence-electron chi connectivity index (χ1n) is 5.98. The molecule has 1 amide bonds. The lowest BCUT2D eigenvalue weighted by Gasteiger charge is -2.21. The van der Waals surface area contributed by atoms with E-state index < -0.39 is 12.0 Å². The summed E-state index contributed by atoms with van der Waals surface area (Å²) in [5.41, 5.74) is 6.31. The van der Waals surface area contributed by atoms with Crippen molar-refractivity contribution in [3.8, 4) is 0 Å². The highest BCUT2D eigenvalue weighted by molar-refractivity contribution is 7.11.